The summed E-state index contributed by atoms with van der Waals surface area (Å²) in [6, 6.07) is 8.68. The molecule has 5 heteroatoms. The van der Waals surface area contributed by atoms with Gasteiger partial charge in [-0.15, -0.1) is 0 Å². The van der Waals surface area contributed by atoms with Gasteiger partial charge in [0, 0.05) is 17.3 Å². The molecule has 0 saturated carbocycles. The van der Waals surface area contributed by atoms with Crippen molar-refractivity contribution in [2.75, 3.05) is 0 Å². The molecule has 1 atom stereocenters. The van der Waals surface area contributed by atoms with Crippen molar-refractivity contribution in [3.05, 3.63) is 51.6 Å². The number of nitrogens with zero attached hydrogens (tertiary/aromatic N) is 1. The highest BCUT2D eigenvalue weighted by atomic mass is 79.9. The van der Waals surface area contributed by atoms with Crippen molar-refractivity contribution in [3.8, 4) is 11.6 Å². The van der Waals surface area contributed by atoms with Gasteiger partial charge in [0.25, 0.3) is 0 Å². The molecule has 0 saturated heterocycles. The van der Waals surface area contributed by atoms with Crippen molar-refractivity contribution in [3.63, 3.8) is 0 Å². The molecule has 0 radical (unpaired) electrons. The van der Waals surface area contributed by atoms with Crippen LogP contribution in [0.2, 0.25) is 5.02 Å². The van der Waals surface area contributed by atoms with Gasteiger partial charge in [0.2, 0.25) is 5.88 Å². The molecule has 94 valence electrons. The maximum Gasteiger partial charge on any atom is 0.219 e. The number of benzene rings is 1. The average Bonchev–Trinajstić information content (AvgIpc) is 2.33. The van der Waals surface area contributed by atoms with Crippen LogP contribution in [0.3, 0.4) is 0 Å². The summed E-state index contributed by atoms with van der Waals surface area (Å²) in [6.45, 7) is 1.69. The van der Waals surface area contributed by atoms with E-state index in [0.29, 0.717) is 16.7 Å². The minimum atomic E-state index is -0.552. The summed E-state index contributed by atoms with van der Waals surface area (Å²) in [5, 5.41) is 10.1. The number of hydrogen-bond acceptors (Lipinski definition) is 3. The number of ether oxygens (including phenoxy) is 1. The van der Waals surface area contributed by atoms with Gasteiger partial charge < -0.3 is 9.84 Å². The molecule has 0 amide bonds. The van der Waals surface area contributed by atoms with E-state index in [0.717, 1.165) is 10.0 Å². The lowest BCUT2D eigenvalue weighted by Crippen LogP contribution is -1.94. The van der Waals surface area contributed by atoms with Crippen LogP contribution < -0.4 is 4.74 Å². The molecule has 0 fully saturated rings. The van der Waals surface area contributed by atoms with Gasteiger partial charge in [0.05, 0.1) is 10.6 Å². The van der Waals surface area contributed by atoms with E-state index in [-0.39, 0.29) is 0 Å². The number of halogens is 2. The molecule has 0 unspecified atom stereocenters. The number of aromatic nitrogens is 1. The van der Waals surface area contributed by atoms with Crippen molar-refractivity contribution in [2.45, 2.75) is 13.0 Å². The molecule has 1 heterocycles. The Hall–Kier alpha value is -1.10. The molecular formula is C13H11BrClNO2. The largest absolute Gasteiger partial charge is 0.438 e. The van der Waals surface area contributed by atoms with Crippen molar-refractivity contribution in [2.24, 2.45) is 0 Å². The fourth-order valence-electron chi connectivity index (χ4n) is 1.41. The quantitative estimate of drug-likeness (QED) is 0.911. The molecule has 0 spiro atoms. The first-order valence-electron chi connectivity index (χ1n) is 5.33. The van der Waals surface area contributed by atoms with Gasteiger partial charge in [0.1, 0.15) is 5.75 Å². The Labute approximate surface area is 119 Å². The molecule has 3 nitrogen and oxygen atoms in total. The van der Waals surface area contributed by atoms with E-state index < -0.39 is 6.10 Å². The summed E-state index contributed by atoms with van der Waals surface area (Å²) in [5.41, 5.74) is 0.755. The standard InChI is InChI=1S/C13H11BrClNO2/c1-8(17)9-4-5-16-13(6-9)18-12-3-2-10(15)7-11(12)14/h2-8,17H,1H3/t8-/m0/s1. The van der Waals surface area contributed by atoms with Crippen molar-refractivity contribution in [1.29, 1.82) is 0 Å². The lowest BCUT2D eigenvalue weighted by Gasteiger charge is -2.09. The fraction of sp³-hybridized carbons (Fsp3) is 0.154. The van der Waals surface area contributed by atoms with Gasteiger partial charge in [0.15, 0.2) is 0 Å². The Morgan fingerprint density at radius 2 is 2.11 bits per heavy atom. The number of aliphatic hydroxyl groups excluding tert-OH is 1. The van der Waals surface area contributed by atoms with E-state index >= 15 is 0 Å². The number of rotatable bonds is 3. The van der Waals surface area contributed by atoms with Crippen LogP contribution in [0.5, 0.6) is 11.6 Å². The van der Waals surface area contributed by atoms with Crippen LogP contribution in [-0.4, -0.2) is 10.1 Å². The van der Waals surface area contributed by atoms with Gasteiger partial charge in [-0.05, 0) is 52.7 Å². The average molecular weight is 329 g/mol. The molecular weight excluding hydrogens is 318 g/mol. The predicted molar refractivity (Wildman–Crippen MR) is 74.1 cm³/mol. The summed E-state index contributed by atoms with van der Waals surface area (Å²) in [5.74, 6) is 1.05. The van der Waals surface area contributed by atoms with Crippen LogP contribution in [-0.2, 0) is 0 Å². The maximum atomic E-state index is 9.50. The lowest BCUT2D eigenvalue weighted by molar-refractivity contribution is 0.198. The van der Waals surface area contributed by atoms with Crippen LogP contribution in [0.25, 0.3) is 0 Å². The highest BCUT2D eigenvalue weighted by molar-refractivity contribution is 9.10. The first-order valence-corrected chi connectivity index (χ1v) is 6.50. The maximum absolute atomic E-state index is 9.50. The molecule has 0 aliphatic carbocycles. The Bertz CT molecular complexity index is 560. The zero-order chi connectivity index (χ0) is 13.1. The van der Waals surface area contributed by atoms with Crippen molar-refractivity contribution >= 4 is 27.5 Å². The van der Waals surface area contributed by atoms with E-state index in [2.05, 4.69) is 20.9 Å². The molecule has 18 heavy (non-hydrogen) atoms. The highest BCUT2D eigenvalue weighted by Gasteiger charge is 2.07. The van der Waals surface area contributed by atoms with Crippen molar-refractivity contribution in [1.82, 2.24) is 4.98 Å². The van der Waals surface area contributed by atoms with Crippen LogP contribution in [0.1, 0.15) is 18.6 Å². The summed E-state index contributed by atoms with van der Waals surface area (Å²) in [7, 11) is 0. The first-order chi connectivity index (χ1) is 8.56. The van der Waals surface area contributed by atoms with E-state index in [4.69, 9.17) is 16.3 Å². The molecule has 2 rings (SSSR count). The number of hydrogen-bond donors (Lipinski definition) is 1. The Morgan fingerprint density at radius 1 is 1.33 bits per heavy atom. The van der Waals surface area contributed by atoms with Gasteiger partial charge in [-0.2, -0.15) is 0 Å². The SMILES string of the molecule is C[C@H](O)c1ccnc(Oc2ccc(Cl)cc2Br)c1. The van der Waals surface area contributed by atoms with Gasteiger partial charge in [-0.3, -0.25) is 0 Å². The van der Waals surface area contributed by atoms with E-state index in [1.54, 1.807) is 43.5 Å². The minimum absolute atomic E-state index is 0.427. The fourth-order valence-corrected chi connectivity index (χ4v) is 2.17. The summed E-state index contributed by atoms with van der Waals surface area (Å²) in [4.78, 5) is 4.09. The third-order valence-corrected chi connectivity index (χ3v) is 3.20. The molecule has 1 N–H and O–H groups in total. The van der Waals surface area contributed by atoms with Crippen LogP contribution in [0, 0.1) is 0 Å². The Morgan fingerprint density at radius 3 is 2.78 bits per heavy atom. The topological polar surface area (TPSA) is 42.4 Å². The van der Waals surface area contributed by atoms with Crippen LogP contribution >= 0.6 is 27.5 Å². The lowest BCUT2D eigenvalue weighted by atomic mass is 10.2. The Balaban J connectivity index is 2.25. The second-order valence-corrected chi connectivity index (χ2v) is 5.07. The van der Waals surface area contributed by atoms with Gasteiger partial charge >= 0.3 is 0 Å². The number of pyridine rings is 1. The van der Waals surface area contributed by atoms with E-state index in [1.165, 1.54) is 0 Å². The molecule has 1 aromatic carbocycles. The molecule has 1 aromatic heterocycles. The van der Waals surface area contributed by atoms with Crippen molar-refractivity contribution < 1.29 is 9.84 Å². The smallest absolute Gasteiger partial charge is 0.219 e. The Kier molecular flexibility index (Phi) is 4.22. The second-order valence-electron chi connectivity index (χ2n) is 3.78. The van der Waals surface area contributed by atoms with Gasteiger partial charge in [-0.25, -0.2) is 4.98 Å². The minimum Gasteiger partial charge on any atom is -0.438 e. The van der Waals surface area contributed by atoms with E-state index in [9.17, 15) is 5.11 Å². The molecule has 2 aromatic rings. The van der Waals surface area contributed by atoms with Crippen LogP contribution in [0.4, 0.5) is 0 Å². The summed E-state index contributed by atoms with van der Waals surface area (Å²) < 4.78 is 6.38. The predicted octanol–water partition coefficient (Wildman–Crippen LogP) is 4.34. The van der Waals surface area contributed by atoms with Crippen LogP contribution in [0.15, 0.2) is 41.0 Å². The zero-order valence-corrected chi connectivity index (χ0v) is 11.9. The molecule has 0 bridgehead atoms. The third-order valence-electron chi connectivity index (χ3n) is 2.35. The third kappa shape index (κ3) is 3.22. The summed E-state index contributed by atoms with van der Waals surface area (Å²) >= 11 is 9.22. The second kappa shape index (κ2) is 5.69. The number of aliphatic hydroxyl groups is 1. The summed E-state index contributed by atoms with van der Waals surface area (Å²) in [6.07, 6.45) is 1.05. The first kappa shape index (κ1) is 13.3. The normalized spacial score (nSPS) is 12.2. The molecule has 0 aliphatic rings. The zero-order valence-electron chi connectivity index (χ0n) is 9.60. The highest BCUT2D eigenvalue weighted by Crippen LogP contribution is 2.31. The monoisotopic (exact) mass is 327 g/mol. The van der Waals surface area contributed by atoms with E-state index in [1.807, 2.05) is 0 Å². The molecule has 0 aliphatic heterocycles. The van der Waals surface area contributed by atoms with Gasteiger partial charge in [-0.1, -0.05) is 11.6 Å².